The van der Waals surface area contributed by atoms with Gasteiger partial charge in [0.1, 0.15) is 5.69 Å². The minimum absolute atomic E-state index is 0.151. The monoisotopic (exact) mass is 383 g/mol. The predicted octanol–water partition coefficient (Wildman–Crippen LogP) is 2.85. The van der Waals surface area contributed by atoms with Crippen LogP contribution >= 0.6 is 11.3 Å². The molecule has 1 aliphatic rings. The molecule has 3 heterocycles. The molecule has 0 bridgehead atoms. The third-order valence-electron chi connectivity index (χ3n) is 4.37. The summed E-state index contributed by atoms with van der Waals surface area (Å²) in [5.41, 5.74) is 0.597. The summed E-state index contributed by atoms with van der Waals surface area (Å²) in [7, 11) is 3.81. The van der Waals surface area contributed by atoms with Crippen molar-refractivity contribution in [2.75, 3.05) is 55.5 Å². The predicted molar refractivity (Wildman–Crippen MR) is 109 cm³/mol. The van der Waals surface area contributed by atoms with Crippen LogP contribution in [0, 0.1) is 0 Å². The van der Waals surface area contributed by atoms with Crippen LogP contribution in [-0.2, 0) is 4.74 Å². The Morgan fingerprint density at radius 3 is 2.78 bits per heavy atom. The summed E-state index contributed by atoms with van der Waals surface area (Å²) in [4.78, 5) is 26.5. The highest BCUT2D eigenvalue weighted by Gasteiger charge is 2.19. The van der Waals surface area contributed by atoms with E-state index < -0.39 is 0 Å². The number of amides is 1. The average molecular weight is 383 g/mol. The first-order valence-electron chi connectivity index (χ1n) is 8.79. The maximum Gasteiger partial charge on any atom is 0.265 e. The minimum Gasteiger partial charge on any atom is -0.378 e. The van der Waals surface area contributed by atoms with E-state index in [4.69, 9.17) is 4.74 Å². The van der Waals surface area contributed by atoms with Crippen LogP contribution in [0.15, 0.2) is 36.5 Å². The van der Waals surface area contributed by atoms with Gasteiger partial charge in [-0.1, -0.05) is 18.2 Å². The van der Waals surface area contributed by atoms with Crippen molar-refractivity contribution in [1.29, 1.82) is 0 Å². The second-order valence-electron chi connectivity index (χ2n) is 6.50. The third-order valence-corrected chi connectivity index (χ3v) is 5.49. The molecular formula is C19H21N5O2S. The summed E-state index contributed by atoms with van der Waals surface area (Å²) in [6.07, 6.45) is 1.68. The van der Waals surface area contributed by atoms with Crippen molar-refractivity contribution >= 4 is 44.8 Å². The van der Waals surface area contributed by atoms with Crippen molar-refractivity contribution in [3.8, 4) is 0 Å². The lowest BCUT2D eigenvalue weighted by atomic mass is 10.2. The van der Waals surface area contributed by atoms with Gasteiger partial charge in [-0.2, -0.15) is 4.98 Å². The van der Waals surface area contributed by atoms with E-state index in [2.05, 4.69) is 20.2 Å². The zero-order chi connectivity index (χ0) is 18.8. The van der Waals surface area contributed by atoms with Crippen LogP contribution in [0.3, 0.4) is 0 Å². The minimum atomic E-state index is -0.151. The molecule has 0 aliphatic carbocycles. The van der Waals surface area contributed by atoms with Crippen LogP contribution in [0.25, 0.3) is 10.1 Å². The summed E-state index contributed by atoms with van der Waals surface area (Å²) in [5, 5.41) is 4.03. The number of hydrogen-bond donors (Lipinski definition) is 1. The molecule has 3 aromatic rings. The van der Waals surface area contributed by atoms with Gasteiger partial charge in [0.15, 0.2) is 5.82 Å². The molecule has 1 aromatic carbocycles. The van der Waals surface area contributed by atoms with Gasteiger partial charge >= 0.3 is 0 Å². The van der Waals surface area contributed by atoms with Gasteiger partial charge < -0.3 is 19.9 Å². The van der Waals surface area contributed by atoms with Crippen LogP contribution < -0.4 is 15.1 Å². The van der Waals surface area contributed by atoms with Crippen LogP contribution in [0.4, 0.5) is 17.5 Å². The van der Waals surface area contributed by atoms with Gasteiger partial charge in [-0.05, 0) is 17.5 Å². The normalized spacial score (nSPS) is 14.4. The molecule has 0 spiro atoms. The second kappa shape index (κ2) is 7.50. The maximum absolute atomic E-state index is 12.7. The fourth-order valence-corrected chi connectivity index (χ4v) is 3.94. The number of aromatic nitrogens is 2. The topological polar surface area (TPSA) is 70.6 Å². The summed E-state index contributed by atoms with van der Waals surface area (Å²) in [6, 6.07) is 9.88. The van der Waals surface area contributed by atoms with E-state index in [0.717, 1.165) is 23.2 Å². The molecule has 140 valence electrons. The number of anilines is 3. The van der Waals surface area contributed by atoms with Crippen molar-refractivity contribution in [1.82, 2.24) is 9.97 Å². The quantitative estimate of drug-likeness (QED) is 0.747. The zero-order valence-electron chi connectivity index (χ0n) is 15.3. The number of nitrogens with one attached hydrogen (secondary N) is 1. The number of hydrogen-bond acceptors (Lipinski definition) is 7. The molecule has 2 aromatic heterocycles. The summed E-state index contributed by atoms with van der Waals surface area (Å²) < 4.78 is 6.48. The van der Waals surface area contributed by atoms with E-state index in [0.29, 0.717) is 35.5 Å². The van der Waals surface area contributed by atoms with Crippen LogP contribution in [0.5, 0.6) is 0 Å². The molecule has 7 nitrogen and oxygen atoms in total. The number of carbonyl (C=O) groups is 1. The molecule has 1 fully saturated rings. The highest BCUT2D eigenvalue weighted by atomic mass is 32.1. The highest BCUT2D eigenvalue weighted by molar-refractivity contribution is 7.20. The molecule has 1 N–H and O–H groups in total. The van der Waals surface area contributed by atoms with Crippen molar-refractivity contribution < 1.29 is 9.53 Å². The summed E-state index contributed by atoms with van der Waals surface area (Å²) >= 11 is 1.48. The molecule has 4 rings (SSSR count). The standard InChI is InChI=1S/C19H21N5O2S/c1-23(2)17-14(12-20-19(22-17)24-7-9-26-10-8-24)21-18(25)16-11-13-5-3-4-6-15(13)27-16/h3-6,11-12H,7-10H2,1-2H3,(H,21,25). The third kappa shape index (κ3) is 3.72. The smallest absolute Gasteiger partial charge is 0.265 e. The SMILES string of the molecule is CN(C)c1nc(N2CCOCC2)ncc1NC(=O)c1cc2ccccc2s1. The largest absolute Gasteiger partial charge is 0.378 e. The first-order chi connectivity index (χ1) is 13.1. The Hall–Kier alpha value is -2.71. The molecular weight excluding hydrogens is 362 g/mol. The van der Waals surface area contributed by atoms with E-state index in [1.54, 1.807) is 6.20 Å². The van der Waals surface area contributed by atoms with E-state index in [9.17, 15) is 4.79 Å². The van der Waals surface area contributed by atoms with Gasteiger partial charge in [0.05, 0.1) is 24.3 Å². The Morgan fingerprint density at radius 2 is 2.04 bits per heavy atom. The van der Waals surface area contributed by atoms with Gasteiger partial charge in [-0.25, -0.2) is 4.98 Å². The first kappa shape index (κ1) is 17.7. The number of thiophene rings is 1. The van der Waals surface area contributed by atoms with Crippen molar-refractivity contribution in [2.24, 2.45) is 0 Å². The summed E-state index contributed by atoms with van der Waals surface area (Å²) in [6.45, 7) is 2.87. The van der Waals surface area contributed by atoms with E-state index in [1.165, 1.54) is 11.3 Å². The van der Waals surface area contributed by atoms with Crippen LogP contribution in [0.2, 0.25) is 0 Å². The second-order valence-corrected chi connectivity index (χ2v) is 7.59. The average Bonchev–Trinajstić information content (AvgIpc) is 3.13. The maximum atomic E-state index is 12.7. The van der Waals surface area contributed by atoms with E-state index in [-0.39, 0.29) is 5.91 Å². The van der Waals surface area contributed by atoms with Gasteiger partial charge in [-0.3, -0.25) is 4.79 Å². The van der Waals surface area contributed by atoms with Gasteiger partial charge in [0, 0.05) is 31.9 Å². The molecule has 0 radical (unpaired) electrons. The Labute approximate surface area is 161 Å². The lowest BCUT2D eigenvalue weighted by Crippen LogP contribution is -2.37. The number of nitrogens with zero attached hydrogens (tertiary/aromatic N) is 4. The van der Waals surface area contributed by atoms with Gasteiger partial charge in [-0.15, -0.1) is 11.3 Å². The molecule has 0 atom stereocenters. The van der Waals surface area contributed by atoms with Gasteiger partial charge in [0.25, 0.3) is 5.91 Å². The van der Waals surface area contributed by atoms with Gasteiger partial charge in [0.2, 0.25) is 5.95 Å². The molecule has 1 saturated heterocycles. The molecule has 0 saturated carbocycles. The Morgan fingerprint density at radius 1 is 1.26 bits per heavy atom. The van der Waals surface area contributed by atoms with E-state index >= 15 is 0 Å². The number of morpholine rings is 1. The summed E-state index contributed by atoms with van der Waals surface area (Å²) in [5.74, 6) is 1.19. The van der Waals surface area contributed by atoms with E-state index in [1.807, 2.05) is 49.3 Å². The number of rotatable bonds is 4. The fraction of sp³-hybridized carbons (Fsp3) is 0.316. The van der Waals surface area contributed by atoms with Crippen molar-refractivity contribution in [2.45, 2.75) is 0 Å². The van der Waals surface area contributed by atoms with Crippen LogP contribution in [-0.4, -0.2) is 56.3 Å². The number of benzene rings is 1. The van der Waals surface area contributed by atoms with Crippen molar-refractivity contribution in [3.63, 3.8) is 0 Å². The van der Waals surface area contributed by atoms with Crippen LogP contribution in [0.1, 0.15) is 9.67 Å². The Balaban J connectivity index is 1.59. The number of fused-ring (bicyclic) bond motifs is 1. The number of ether oxygens (including phenoxy) is 1. The molecule has 1 aliphatic heterocycles. The molecule has 0 unspecified atom stereocenters. The fourth-order valence-electron chi connectivity index (χ4n) is 2.99. The first-order valence-corrected chi connectivity index (χ1v) is 9.60. The zero-order valence-corrected chi connectivity index (χ0v) is 16.1. The lowest BCUT2D eigenvalue weighted by molar-refractivity contribution is 0.103. The number of carbonyl (C=O) groups excluding carboxylic acids is 1. The Kier molecular flexibility index (Phi) is 4.91. The molecule has 8 heteroatoms. The Bertz CT molecular complexity index is 933. The molecule has 27 heavy (non-hydrogen) atoms. The highest BCUT2D eigenvalue weighted by Crippen LogP contribution is 2.28. The molecule has 1 amide bonds. The van der Waals surface area contributed by atoms with Crippen molar-refractivity contribution in [3.05, 3.63) is 41.4 Å². The lowest BCUT2D eigenvalue weighted by Gasteiger charge is -2.28.